The van der Waals surface area contributed by atoms with Gasteiger partial charge in [0.15, 0.2) is 0 Å². The Morgan fingerprint density at radius 2 is 1.65 bits per heavy atom. The van der Waals surface area contributed by atoms with Gasteiger partial charge in [-0.3, -0.25) is 4.79 Å². The molecule has 166 valence electrons. The van der Waals surface area contributed by atoms with Gasteiger partial charge in [-0.25, -0.2) is 0 Å². The first-order valence-electron chi connectivity index (χ1n) is 11.4. The van der Waals surface area contributed by atoms with Gasteiger partial charge >= 0.3 is 0 Å². The van der Waals surface area contributed by atoms with Crippen molar-refractivity contribution in [2.45, 2.75) is 44.1 Å². The zero-order valence-corrected chi connectivity index (χ0v) is 18.8. The van der Waals surface area contributed by atoms with Gasteiger partial charge in [0, 0.05) is 32.4 Å². The molecule has 1 amide bonds. The standard InChI is InChI=1S/C26H34N2O3/c1-27(20-21-6-10-23(11-7-21)28-16-18-31-19-17-28)25(29)26(14-4-3-5-15-26)22-8-12-24(30-2)13-9-22/h6-13H,3-5,14-20H2,1-2H3. The summed E-state index contributed by atoms with van der Waals surface area (Å²) in [6.45, 7) is 4.06. The Hall–Kier alpha value is -2.53. The van der Waals surface area contributed by atoms with Crippen molar-refractivity contribution in [2.24, 2.45) is 0 Å². The molecule has 1 heterocycles. The Bertz CT molecular complexity index is 851. The van der Waals surface area contributed by atoms with Crippen molar-refractivity contribution in [3.8, 4) is 5.75 Å². The molecule has 1 saturated carbocycles. The highest BCUT2D eigenvalue weighted by molar-refractivity contribution is 5.88. The maximum absolute atomic E-state index is 13.8. The number of anilines is 1. The molecule has 2 fully saturated rings. The predicted octanol–water partition coefficient (Wildman–Crippen LogP) is 4.39. The molecule has 2 aromatic rings. The van der Waals surface area contributed by atoms with Crippen molar-refractivity contribution >= 4 is 11.6 Å². The minimum Gasteiger partial charge on any atom is -0.497 e. The lowest BCUT2D eigenvalue weighted by Crippen LogP contribution is -2.46. The fourth-order valence-corrected chi connectivity index (χ4v) is 5.04. The van der Waals surface area contributed by atoms with Crippen molar-refractivity contribution in [3.63, 3.8) is 0 Å². The Labute approximate surface area is 185 Å². The van der Waals surface area contributed by atoms with Gasteiger partial charge in [0.2, 0.25) is 5.91 Å². The minimum atomic E-state index is -0.424. The number of hydrogen-bond donors (Lipinski definition) is 0. The number of rotatable bonds is 6. The highest BCUT2D eigenvalue weighted by atomic mass is 16.5. The molecular formula is C26H34N2O3. The number of methoxy groups -OCH3 is 1. The quantitative estimate of drug-likeness (QED) is 0.692. The lowest BCUT2D eigenvalue weighted by Gasteiger charge is -2.39. The molecule has 2 aromatic carbocycles. The normalized spacial score (nSPS) is 18.5. The zero-order valence-electron chi connectivity index (χ0n) is 18.8. The number of carbonyl (C=O) groups excluding carboxylic acids is 1. The Kier molecular flexibility index (Phi) is 6.81. The molecule has 0 atom stereocenters. The van der Waals surface area contributed by atoms with Crippen LogP contribution in [0.1, 0.15) is 43.2 Å². The first-order chi connectivity index (χ1) is 15.1. The van der Waals surface area contributed by atoms with Crippen molar-refractivity contribution in [1.82, 2.24) is 4.90 Å². The predicted molar refractivity (Wildman–Crippen MR) is 124 cm³/mol. The van der Waals surface area contributed by atoms with Gasteiger partial charge in [0.05, 0.1) is 25.7 Å². The van der Waals surface area contributed by atoms with Gasteiger partial charge in [-0.15, -0.1) is 0 Å². The number of carbonyl (C=O) groups is 1. The summed E-state index contributed by atoms with van der Waals surface area (Å²) in [5.74, 6) is 1.06. The van der Waals surface area contributed by atoms with Gasteiger partial charge in [0.1, 0.15) is 5.75 Å². The molecule has 1 aliphatic heterocycles. The number of benzene rings is 2. The van der Waals surface area contributed by atoms with E-state index in [2.05, 4.69) is 41.3 Å². The number of morpholine rings is 1. The first kappa shape index (κ1) is 21.7. The molecule has 0 unspecified atom stereocenters. The highest BCUT2D eigenvalue weighted by Crippen LogP contribution is 2.41. The average molecular weight is 423 g/mol. The number of amides is 1. The molecule has 0 radical (unpaired) electrons. The monoisotopic (exact) mass is 422 g/mol. The summed E-state index contributed by atoms with van der Waals surface area (Å²) >= 11 is 0. The van der Waals surface area contributed by atoms with Crippen molar-refractivity contribution in [2.75, 3.05) is 45.4 Å². The number of hydrogen-bond acceptors (Lipinski definition) is 4. The molecule has 5 heteroatoms. The third-order valence-corrected chi connectivity index (χ3v) is 6.84. The van der Waals surface area contributed by atoms with E-state index in [0.717, 1.165) is 68.9 Å². The van der Waals surface area contributed by atoms with E-state index >= 15 is 0 Å². The summed E-state index contributed by atoms with van der Waals surface area (Å²) in [6.07, 6.45) is 5.23. The van der Waals surface area contributed by atoms with Crippen LogP contribution in [0.15, 0.2) is 48.5 Å². The summed E-state index contributed by atoms with van der Waals surface area (Å²) in [4.78, 5) is 18.0. The zero-order chi connectivity index (χ0) is 21.7. The largest absolute Gasteiger partial charge is 0.497 e. The summed E-state index contributed by atoms with van der Waals surface area (Å²) < 4.78 is 10.8. The lowest BCUT2D eigenvalue weighted by atomic mass is 9.68. The van der Waals surface area contributed by atoms with E-state index in [0.29, 0.717) is 6.54 Å². The van der Waals surface area contributed by atoms with Crippen molar-refractivity contribution < 1.29 is 14.3 Å². The van der Waals surface area contributed by atoms with Crippen LogP contribution in [-0.2, 0) is 21.5 Å². The van der Waals surface area contributed by atoms with Crippen LogP contribution < -0.4 is 9.64 Å². The molecule has 0 bridgehead atoms. The van der Waals surface area contributed by atoms with E-state index in [-0.39, 0.29) is 5.91 Å². The smallest absolute Gasteiger partial charge is 0.233 e. The van der Waals surface area contributed by atoms with E-state index in [1.165, 1.54) is 12.1 Å². The van der Waals surface area contributed by atoms with Gasteiger partial charge in [-0.05, 0) is 48.2 Å². The molecule has 1 saturated heterocycles. The van der Waals surface area contributed by atoms with Crippen LogP contribution >= 0.6 is 0 Å². The van der Waals surface area contributed by atoms with E-state index in [4.69, 9.17) is 9.47 Å². The fourth-order valence-electron chi connectivity index (χ4n) is 5.04. The number of likely N-dealkylation sites (N-methyl/N-ethyl adjacent to an activating group) is 1. The van der Waals surface area contributed by atoms with Crippen LogP contribution in [0.25, 0.3) is 0 Å². The maximum Gasteiger partial charge on any atom is 0.233 e. The van der Waals surface area contributed by atoms with Crippen LogP contribution in [0.5, 0.6) is 5.75 Å². The van der Waals surface area contributed by atoms with Crippen LogP contribution in [0, 0.1) is 0 Å². The van der Waals surface area contributed by atoms with Crippen LogP contribution in [0.3, 0.4) is 0 Å². The number of nitrogens with zero attached hydrogens (tertiary/aromatic N) is 2. The SMILES string of the molecule is COc1ccc(C2(C(=O)N(C)Cc3ccc(N4CCOCC4)cc3)CCCCC2)cc1. The summed E-state index contributed by atoms with van der Waals surface area (Å²) in [6, 6.07) is 16.7. The Morgan fingerprint density at radius 1 is 1.00 bits per heavy atom. The molecule has 0 spiro atoms. The van der Waals surface area contributed by atoms with Crippen molar-refractivity contribution in [3.05, 3.63) is 59.7 Å². The molecular weight excluding hydrogens is 388 g/mol. The van der Waals surface area contributed by atoms with Crippen molar-refractivity contribution in [1.29, 1.82) is 0 Å². The van der Waals surface area contributed by atoms with Gasteiger partial charge in [-0.1, -0.05) is 43.5 Å². The Balaban J connectivity index is 1.49. The second-order valence-electron chi connectivity index (χ2n) is 8.80. The average Bonchev–Trinajstić information content (AvgIpc) is 2.85. The van der Waals surface area contributed by atoms with Gasteiger partial charge < -0.3 is 19.3 Å². The minimum absolute atomic E-state index is 0.231. The first-order valence-corrected chi connectivity index (χ1v) is 11.4. The second kappa shape index (κ2) is 9.73. The van der Waals surface area contributed by atoms with Crippen LogP contribution in [-0.4, -0.2) is 51.3 Å². The highest BCUT2D eigenvalue weighted by Gasteiger charge is 2.42. The topological polar surface area (TPSA) is 42.0 Å². The molecule has 2 aliphatic rings. The Morgan fingerprint density at radius 3 is 2.26 bits per heavy atom. The lowest BCUT2D eigenvalue weighted by molar-refractivity contribution is -0.138. The third kappa shape index (κ3) is 4.72. The van der Waals surface area contributed by atoms with E-state index in [9.17, 15) is 4.79 Å². The van der Waals surface area contributed by atoms with Crippen LogP contribution in [0.2, 0.25) is 0 Å². The molecule has 4 rings (SSSR count). The summed E-state index contributed by atoms with van der Waals surface area (Å²) in [5, 5.41) is 0. The van der Waals surface area contributed by atoms with E-state index < -0.39 is 5.41 Å². The molecule has 1 aliphatic carbocycles. The second-order valence-corrected chi connectivity index (χ2v) is 8.80. The van der Waals surface area contributed by atoms with Crippen LogP contribution in [0.4, 0.5) is 5.69 Å². The van der Waals surface area contributed by atoms with E-state index in [1.54, 1.807) is 7.11 Å². The number of ether oxygens (including phenoxy) is 2. The molecule has 0 aromatic heterocycles. The molecule has 5 nitrogen and oxygen atoms in total. The summed E-state index contributed by atoms with van der Waals surface area (Å²) in [5.41, 5.74) is 3.08. The van der Waals surface area contributed by atoms with E-state index in [1.807, 2.05) is 24.1 Å². The van der Waals surface area contributed by atoms with Gasteiger partial charge in [0.25, 0.3) is 0 Å². The maximum atomic E-state index is 13.8. The molecule has 0 N–H and O–H groups in total. The third-order valence-electron chi connectivity index (χ3n) is 6.84. The summed E-state index contributed by atoms with van der Waals surface area (Å²) in [7, 11) is 3.62. The molecule has 31 heavy (non-hydrogen) atoms. The van der Waals surface area contributed by atoms with Gasteiger partial charge in [-0.2, -0.15) is 0 Å². The fraction of sp³-hybridized carbons (Fsp3) is 0.500.